The Kier molecular flexibility index (Phi) is 4.36. The number of hydrogen-bond donors (Lipinski definition) is 1. The second-order valence-electron chi connectivity index (χ2n) is 5.44. The van der Waals surface area contributed by atoms with Crippen LogP contribution in [0.2, 0.25) is 0 Å². The number of rotatable bonds is 3. The molecule has 3 heteroatoms. The molecular weight excluding hydrogens is 229 g/mol. The first-order valence-electron chi connectivity index (χ1n) is 6.76. The summed E-state index contributed by atoms with van der Waals surface area (Å²) < 4.78 is 12.9. The molecule has 1 saturated heterocycles. The van der Waals surface area contributed by atoms with Gasteiger partial charge < -0.3 is 5.11 Å². The third-order valence-electron chi connectivity index (χ3n) is 3.81. The number of hydrogen-bond acceptors (Lipinski definition) is 2. The van der Waals surface area contributed by atoms with E-state index in [2.05, 4.69) is 18.7 Å². The van der Waals surface area contributed by atoms with Crippen LogP contribution in [0.5, 0.6) is 0 Å². The van der Waals surface area contributed by atoms with Crippen molar-refractivity contribution in [3.05, 3.63) is 35.6 Å². The number of aliphatic hydroxyl groups is 1. The van der Waals surface area contributed by atoms with Gasteiger partial charge in [-0.25, -0.2) is 4.39 Å². The molecule has 1 aliphatic rings. The second-order valence-corrected chi connectivity index (χ2v) is 5.44. The SMILES string of the molecule is CC(C)N1CCC[C@H](O)[C@@H]1Cc1ccc(F)cc1. The van der Waals surface area contributed by atoms with Gasteiger partial charge in [0, 0.05) is 12.1 Å². The first-order chi connectivity index (χ1) is 8.58. The van der Waals surface area contributed by atoms with Gasteiger partial charge in [0.25, 0.3) is 0 Å². The Morgan fingerprint density at radius 1 is 1.33 bits per heavy atom. The summed E-state index contributed by atoms with van der Waals surface area (Å²) in [6.45, 7) is 5.37. The molecule has 0 unspecified atom stereocenters. The van der Waals surface area contributed by atoms with E-state index in [0.717, 1.165) is 31.4 Å². The number of benzene rings is 1. The zero-order valence-corrected chi connectivity index (χ0v) is 11.1. The van der Waals surface area contributed by atoms with Crippen LogP contribution >= 0.6 is 0 Å². The fraction of sp³-hybridized carbons (Fsp3) is 0.600. The van der Waals surface area contributed by atoms with E-state index in [0.29, 0.717) is 6.04 Å². The van der Waals surface area contributed by atoms with E-state index in [1.165, 1.54) is 12.1 Å². The lowest BCUT2D eigenvalue weighted by atomic mass is 9.92. The zero-order chi connectivity index (χ0) is 13.1. The lowest BCUT2D eigenvalue weighted by molar-refractivity contribution is -0.00471. The Hall–Kier alpha value is -0.930. The van der Waals surface area contributed by atoms with Crippen molar-refractivity contribution < 1.29 is 9.50 Å². The van der Waals surface area contributed by atoms with Crippen molar-refractivity contribution >= 4 is 0 Å². The van der Waals surface area contributed by atoms with Crippen LogP contribution in [0.15, 0.2) is 24.3 Å². The molecule has 2 nitrogen and oxygen atoms in total. The highest BCUT2D eigenvalue weighted by atomic mass is 19.1. The molecule has 1 heterocycles. The van der Waals surface area contributed by atoms with Crippen LogP contribution in [0.4, 0.5) is 4.39 Å². The topological polar surface area (TPSA) is 23.5 Å². The van der Waals surface area contributed by atoms with Crippen LogP contribution < -0.4 is 0 Å². The van der Waals surface area contributed by atoms with E-state index < -0.39 is 0 Å². The minimum absolute atomic E-state index is 0.157. The Balaban J connectivity index is 2.10. The fourth-order valence-corrected chi connectivity index (χ4v) is 2.82. The molecule has 0 saturated carbocycles. The van der Waals surface area contributed by atoms with Crippen LogP contribution in [0.3, 0.4) is 0 Å². The van der Waals surface area contributed by atoms with Crippen LogP contribution in [-0.2, 0) is 6.42 Å². The van der Waals surface area contributed by atoms with Gasteiger partial charge in [-0.15, -0.1) is 0 Å². The number of nitrogens with zero attached hydrogens (tertiary/aromatic N) is 1. The molecule has 0 radical (unpaired) electrons. The summed E-state index contributed by atoms with van der Waals surface area (Å²) in [5, 5.41) is 10.2. The average Bonchev–Trinajstić information content (AvgIpc) is 2.34. The van der Waals surface area contributed by atoms with Crippen LogP contribution in [0.1, 0.15) is 32.3 Å². The molecule has 0 amide bonds. The lowest BCUT2D eigenvalue weighted by Crippen LogP contribution is -2.52. The van der Waals surface area contributed by atoms with Gasteiger partial charge >= 0.3 is 0 Å². The van der Waals surface area contributed by atoms with Gasteiger partial charge in [0.15, 0.2) is 0 Å². The van der Waals surface area contributed by atoms with E-state index in [1.54, 1.807) is 0 Å². The summed E-state index contributed by atoms with van der Waals surface area (Å²) in [4.78, 5) is 2.36. The number of likely N-dealkylation sites (tertiary alicyclic amines) is 1. The van der Waals surface area contributed by atoms with Crippen molar-refractivity contribution in [2.24, 2.45) is 0 Å². The van der Waals surface area contributed by atoms with E-state index in [9.17, 15) is 9.50 Å². The summed E-state index contributed by atoms with van der Waals surface area (Å²) in [6, 6.07) is 7.20. The van der Waals surface area contributed by atoms with E-state index >= 15 is 0 Å². The molecule has 0 spiro atoms. The fourth-order valence-electron chi connectivity index (χ4n) is 2.82. The molecule has 2 rings (SSSR count). The molecule has 100 valence electrons. The third-order valence-corrected chi connectivity index (χ3v) is 3.81. The maximum absolute atomic E-state index is 12.9. The minimum atomic E-state index is -0.272. The monoisotopic (exact) mass is 251 g/mol. The highest BCUT2D eigenvalue weighted by molar-refractivity contribution is 5.18. The van der Waals surface area contributed by atoms with Crippen molar-refractivity contribution in [3.63, 3.8) is 0 Å². The summed E-state index contributed by atoms with van der Waals surface area (Å²) in [6.07, 6.45) is 2.44. The largest absolute Gasteiger partial charge is 0.391 e. The van der Waals surface area contributed by atoms with Crippen molar-refractivity contribution in [3.8, 4) is 0 Å². The molecule has 18 heavy (non-hydrogen) atoms. The van der Waals surface area contributed by atoms with Crippen molar-refractivity contribution in [1.82, 2.24) is 4.90 Å². The molecule has 1 N–H and O–H groups in total. The average molecular weight is 251 g/mol. The predicted molar refractivity (Wildman–Crippen MR) is 71.0 cm³/mol. The Bertz CT molecular complexity index is 377. The highest BCUT2D eigenvalue weighted by Gasteiger charge is 2.31. The number of halogens is 1. The normalized spacial score (nSPS) is 25.6. The molecule has 0 bridgehead atoms. The first-order valence-corrected chi connectivity index (χ1v) is 6.76. The van der Waals surface area contributed by atoms with Crippen molar-refractivity contribution in [2.75, 3.05) is 6.54 Å². The van der Waals surface area contributed by atoms with Gasteiger partial charge in [0.1, 0.15) is 5.82 Å². The van der Waals surface area contributed by atoms with Crippen molar-refractivity contribution in [2.45, 2.75) is 51.3 Å². The van der Waals surface area contributed by atoms with E-state index in [-0.39, 0.29) is 18.0 Å². The first kappa shape index (κ1) is 13.5. The van der Waals surface area contributed by atoms with E-state index in [1.807, 2.05) is 12.1 Å². The maximum Gasteiger partial charge on any atom is 0.123 e. The molecule has 1 aromatic carbocycles. The molecule has 1 aromatic rings. The van der Waals surface area contributed by atoms with Gasteiger partial charge in [-0.05, 0) is 57.4 Å². The molecule has 2 atom stereocenters. The quantitative estimate of drug-likeness (QED) is 0.892. The third kappa shape index (κ3) is 3.09. The Labute approximate surface area is 108 Å². The van der Waals surface area contributed by atoms with Crippen LogP contribution in [-0.4, -0.2) is 34.7 Å². The Morgan fingerprint density at radius 2 is 2.00 bits per heavy atom. The standard InChI is InChI=1S/C15H22FNO/c1-11(2)17-9-3-4-15(18)14(17)10-12-5-7-13(16)8-6-12/h5-8,11,14-15,18H,3-4,9-10H2,1-2H3/t14-,15-/m0/s1. The van der Waals surface area contributed by atoms with Gasteiger partial charge in [0.05, 0.1) is 6.10 Å². The predicted octanol–water partition coefficient (Wildman–Crippen LogP) is 2.60. The summed E-state index contributed by atoms with van der Waals surface area (Å²) >= 11 is 0. The molecule has 1 fully saturated rings. The smallest absolute Gasteiger partial charge is 0.123 e. The summed E-state index contributed by atoms with van der Waals surface area (Å²) in [5.74, 6) is -0.205. The highest BCUT2D eigenvalue weighted by Crippen LogP contribution is 2.23. The van der Waals surface area contributed by atoms with Gasteiger partial charge in [0.2, 0.25) is 0 Å². The molecule has 1 aliphatic heterocycles. The summed E-state index contributed by atoms with van der Waals surface area (Å²) in [5.41, 5.74) is 1.09. The van der Waals surface area contributed by atoms with Gasteiger partial charge in [-0.2, -0.15) is 0 Å². The second kappa shape index (κ2) is 5.81. The van der Waals surface area contributed by atoms with Crippen LogP contribution in [0.25, 0.3) is 0 Å². The van der Waals surface area contributed by atoms with Gasteiger partial charge in [-0.3, -0.25) is 4.90 Å². The lowest BCUT2D eigenvalue weighted by Gasteiger charge is -2.41. The number of aliphatic hydroxyl groups excluding tert-OH is 1. The molecule has 0 aromatic heterocycles. The molecule has 0 aliphatic carbocycles. The molecular formula is C15H22FNO. The maximum atomic E-state index is 12.9. The van der Waals surface area contributed by atoms with Crippen LogP contribution in [0, 0.1) is 5.82 Å². The van der Waals surface area contributed by atoms with Crippen molar-refractivity contribution in [1.29, 1.82) is 0 Å². The number of piperidine rings is 1. The van der Waals surface area contributed by atoms with E-state index in [4.69, 9.17) is 0 Å². The zero-order valence-electron chi connectivity index (χ0n) is 11.1. The van der Waals surface area contributed by atoms with Gasteiger partial charge in [-0.1, -0.05) is 12.1 Å². The Morgan fingerprint density at radius 3 is 2.61 bits per heavy atom. The summed E-state index contributed by atoms with van der Waals surface area (Å²) in [7, 11) is 0. The minimum Gasteiger partial charge on any atom is -0.391 e.